The summed E-state index contributed by atoms with van der Waals surface area (Å²) in [5.74, 6) is 1.10. The SMILES string of the molecule is CN(C)c1ccc2c(c1)Oc1ccc3ccccc3c1C21OC(=O)c2ccccc21. The highest BCUT2D eigenvalue weighted by Gasteiger charge is 2.54. The molecule has 1 atom stereocenters. The number of hydrogen-bond donors (Lipinski definition) is 0. The number of carbonyl (C=O) groups excluding carboxylic acids is 1. The van der Waals surface area contributed by atoms with E-state index in [0.29, 0.717) is 17.1 Å². The molecule has 0 N–H and O–H groups in total. The Morgan fingerprint density at radius 2 is 1.60 bits per heavy atom. The van der Waals surface area contributed by atoms with Crippen LogP contribution in [0, 0.1) is 0 Å². The van der Waals surface area contributed by atoms with Gasteiger partial charge in [-0.2, -0.15) is 0 Å². The lowest BCUT2D eigenvalue weighted by molar-refractivity contribution is 0.0229. The van der Waals surface area contributed by atoms with Gasteiger partial charge in [-0.15, -0.1) is 0 Å². The molecule has 0 aliphatic carbocycles. The molecule has 4 aromatic rings. The first-order chi connectivity index (χ1) is 14.6. The molecule has 0 aromatic heterocycles. The number of fused-ring (bicyclic) bond motifs is 8. The van der Waals surface area contributed by atoms with Gasteiger partial charge in [0.05, 0.1) is 11.1 Å². The standard InChI is InChI=1S/C26H19NO3/c1-27(2)17-12-13-21-23(15-17)29-22-14-11-16-7-3-4-8-18(16)24(22)26(21)20-10-6-5-9-19(20)25(28)30-26/h3-15H,1-2H3. The van der Waals surface area contributed by atoms with Crippen LogP contribution in [0.15, 0.2) is 78.9 Å². The van der Waals surface area contributed by atoms with E-state index in [1.54, 1.807) is 0 Å². The molecule has 4 heteroatoms. The summed E-state index contributed by atoms with van der Waals surface area (Å²) in [5, 5.41) is 2.09. The molecule has 2 aliphatic rings. The van der Waals surface area contributed by atoms with Crippen molar-refractivity contribution in [2.45, 2.75) is 5.60 Å². The number of benzene rings is 4. The Labute approximate surface area is 174 Å². The minimum atomic E-state index is -1.04. The molecule has 1 unspecified atom stereocenters. The number of rotatable bonds is 1. The molecular formula is C26H19NO3. The Bertz CT molecular complexity index is 1360. The minimum Gasteiger partial charge on any atom is -0.456 e. The fourth-order valence-electron chi connectivity index (χ4n) is 4.72. The van der Waals surface area contributed by atoms with Crippen LogP contribution in [0.3, 0.4) is 0 Å². The molecule has 2 aliphatic heterocycles. The number of anilines is 1. The van der Waals surface area contributed by atoms with E-state index in [-0.39, 0.29) is 5.97 Å². The Hall–Kier alpha value is -3.79. The lowest BCUT2D eigenvalue weighted by Gasteiger charge is -2.37. The summed E-state index contributed by atoms with van der Waals surface area (Å²) in [6, 6.07) is 25.9. The van der Waals surface area contributed by atoms with Crippen LogP contribution < -0.4 is 9.64 Å². The highest BCUT2D eigenvalue weighted by atomic mass is 16.6. The maximum absolute atomic E-state index is 13.0. The van der Waals surface area contributed by atoms with Crippen molar-refractivity contribution in [3.8, 4) is 11.5 Å². The number of carbonyl (C=O) groups is 1. The van der Waals surface area contributed by atoms with Gasteiger partial charge in [0.2, 0.25) is 0 Å². The Morgan fingerprint density at radius 3 is 2.47 bits per heavy atom. The topological polar surface area (TPSA) is 38.8 Å². The fourth-order valence-corrected chi connectivity index (χ4v) is 4.72. The van der Waals surface area contributed by atoms with Gasteiger partial charge >= 0.3 is 5.97 Å². The molecule has 2 heterocycles. The van der Waals surface area contributed by atoms with Crippen molar-refractivity contribution in [3.05, 3.63) is 101 Å². The maximum Gasteiger partial charge on any atom is 0.340 e. The molecule has 30 heavy (non-hydrogen) atoms. The zero-order valence-electron chi connectivity index (χ0n) is 16.7. The third-order valence-corrected chi connectivity index (χ3v) is 6.10. The lowest BCUT2D eigenvalue weighted by atomic mass is 9.76. The number of hydrogen-bond acceptors (Lipinski definition) is 4. The largest absolute Gasteiger partial charge is 0.456 e. The van der Waals surface area contributed by atoms with Gasteiger partial charge < -0.3 is 14.4 Å². The predicted molar refractivity (Wildman–Crippen MR) is 117 cm³/mol. The molecular weight excluding hydrogens is 374 g/mol. The van der Waals surface area contributed by atoms with Gasteiger partial charge in [-0.1, -0.05) is 48.5 Å². The fraction of sp³-hybridized carbons (Fsp3) is 0.115. The van der Waals surface area contributed by atoms with Crippen LogP contribution in [0.5, 0.6) is 11.5 Å². The van der Waals surface area contributed by atoms with Crippen LogP contribution in [0.25, 0.3) is 10.8 Å². The van der Waals surface area contributed by atoms with Crippen LogP contribution in [0.4, 0.5) is 5.69 Å². The second-order valence-corrected chi connectivity index (χ2v) is 7.95. The van der Waals surface area contributed by atoms with Crippen LogP contribution in [-0.2, 0) is 10.3 Å². The molecule has 0 saturated carbocycles. The van der Waals surface area contributed by atoms with Gasteiger partial charge in [-0.25, -0.2) is 4.79 Å². The van der Waals surface area contributed by atoms with Crippen molar-refractivity contribution in [2.24, 2.45) is 0 Å². The summed E-state index contributed by atoms with van der Waals surface area (Å²) < 4.78 is 12.7. The van der Waals surface area contributed by atoms with Crippen molar-refractivity contribution in [1.82, 2.24) is 0 Å². The molecule has 4 aromatic carbocycles. The highest BCUT2D eigenvalue weighted by Crippen LogP contribution is 2.58. The highest BCUT2D eigenvalue weighted by molar-refractivity contribution is 6.00. The van der Waals surface area contributed by atoms with E-state index in [9.17, 15) is 4.79 Å². The maximum atomic E-state index is 13.0. The third kappa shape index (κ3) is 2.08. The smallest absolute Gasteiger partial charge is 0.340 e. The molecule has 0 bridgehead atoms. The second kappa shape index (κ2) is 5.86. The molecule has 0 saturated heterocycles. The minimum absolute atomic E-state index is 0.311. The van der Waals surface area contributed by atoms with Gasteiger partial charge in [0, 0.05) is 37.0 Å². The van der Waals surface area contributed by atoms with E-state index in [2.05, 4.69) is 12.1 Å². The number of nitrogens with zero attached hydrogens (tertiary/aromatic N) is 1. The van der Waals surface area contributed by atoms with Gasteiger partial charge in [-0.05, 0) is 35.0 Å². The first-order valence-corrected chi connectivity index (χ1v) is 9.94. The van der Waals surface area contributed by atoms with Crippen molar-refractivity contribution >= 4 is 22.4 Å². The first-order valence-electron chi connectivity index (χ1n) is 9.94. The first kappa shape index (κ1) is 17.1. The van der Waals surface area contributed by atoms with Crippen LogP contribution >= 0.6 is 0 Å². The van der Waals surface area contributed by atoms with Gasteiger partial charge in [0.15, 0.2) is 5.60 Å². The Morgan fingerprint density at radius 1 is 0.800 bits per heavy atom. The van der Waals surface area contributed by atoms with Crippen molar-refractivity contribution < 1.29 is 14.3 Å². The van der Waals surface area contributed by atoms with Gasteiger partial charge in [0.25, 0.3) is 0 Å². The van der Waals surface area contributed by atoms with Crippen molar-refractivity contribution in [3.63, 3.8) is 0 Å². The monoisotopic (exact) mass is 393 g/mol. The van der Waals surface area contributed by atoms with E-state index in [1.807, 2.05) is 85.7 Å². The zero-order valence-corrected chi connectivity index (χ0v) is 16.7. The number of ether oxygens (including phenoxy) is 2. The molecule has 1 spiro atoms. The quantitative estimate of drug-likeness (QED) is 0.402. The van der Waals surface area contributed by atoms with Crippen molar-refractivity contribution in [1.29, 1.82) is 0 Å². The van der Waals surface area contributed by atoms with Gasteiger partial charge in [0.1, 0.15) is 11.5 Å². The third-order valence-electron chi connectivity index (χ3n) is 6.10. The predicted octanol–water partition coefficient (Wildman–Crippen LogP) is 5.47. The van der Waals surface area contributed by atoms with Crippen LogP contribution in [0.1, 0.15) is 27.0 Å². The van der Waals surface area contributed by atoms with E-state index in [1.165, 1.54) is 0 Å². The van der Waals surface area contributed by atoms with E-state index in [4.69, 9.17) is 9.47 Å². The summed E-state index contributed by atoms with van der Waals surface area (Å²) in [5.41, 5.74) is 3.16. The van der Waals surface area contributed by atoms with Crippen molar-refractivity contribution in [2.75, 3.05) is 19.0 Å². The molecule has 146 valence electrons. The summed E-state index contributed by atoms with van der Waals surface area (Å²) in [7, 11) is 3.99. The Kier molecular flexibility index (Phi) is 3.34. The van der Waals surface area contributed by atoms with E-state index < -0.39 is 5.60 Å². The van der Waals surface area contributed by atoms with E-state index in [0.717, 1.165) is 33.2 Å². The molecule has 0 fully saturated rings. The number of esters is 1. The molecule has 4 nitrogen and oxygen atoms in total. The van der Waals surface area contributed by atoms with Crippen LogP contribution in [0.2, 0.25) is 0 Å². The Balaban J connectivity index is 1.77. The summed E-state index contributed by atoms with van der Waals surface area (Å²) in [4.78, 5) is 15.0. The molecule has 6 rings (SSSR count). The van der Waals surface area contributed by atoms with Crippen LogP contribution in [-0.4, -0.2) is 20.1 Å². The van der Waals surface area contributed by atoms with Gasteiger partial charge in [-0.3, -0.25) is 0 Å². The normalized spacial score (nSPS) is 18.4. The van der Waals surface area contributed by atoms with E-state index >= 15 is 0 Å². The summed E-state index contributed by atoms with van der Waals surface area (Å²) in [6.07, 6.45) is 0. The summed E-state index contributed by atoms with van der Waals surface area (Å²) in [6.45, 7) is 0. The second-order valence-electron chi connectivity index (χ2n) is 7.95. The zero-order chi connectivity index (χ0) is 20.5. The lowest BCUT2D eigenvalue weighted by Crippen LogP contribution is -2.33. The average molecular weight is 393 g/mol. The summed E-state index contributed by atoms with van der Waals surface area (Å²) >= 11 is 0. The molecule has 0 radical (unpaired) electrons. The molecule has 0 amide bonds. The average Bonchev–Trinajstić information content (AvgIpc) is 3.06.